The maximum atomic E-state index is 9.21. The van der Waals surface area contributed by atoms with E-state index in [2.05, 4.69) is 23.5 Å². The van der Waals surface area contributed by atoms with Gasteiger partial charge in [0.2, 0.25) is 0 Å². The van der Waals surface area contributed by atoms with E-state index < -0.39 is 0 Å². The maximum absolute atomic E-state index is 9.21. The van der Waals surface area contributed by atoms with E-state index in [1.165, 1.54) is 0 Å². The number of hydrogen-bond donors (Lipinski definition) is 1. The summed E-state index contributed by atoms with van der Waals surface area (Å²) in [6.07, 6.45) is 1.76. The molecule has 106 valence electrons. The molecular weight excluding hydrogens is 284 g/mol. The van der Waals surface area contributed by atoms with Gasteiger partial charge in [-0.1, -0.05) is 48.5 Å². The van der Waals surface area contributed by atoms with Crippen LogP contribution in [0.3, 0.4) is 0 Å². The van der Waals surface area contributed by atoms with Crippen LogP contribution in [0.4, 0.5) is 0 Å². The molecule has 0 radical (unpaired) electrons. The van der Waals surface area contributed by atoms with Crippen molar-refractivity contribution in [3.05, 3.63) is 60.4 Å². The van der Waals surface area contributed by atoms with Gasteiger partial charge in [0.25, 0.3) is 0 Å². The Bertz CT molecular complexity index is 774. The van der Waals surface area contributed by atoms with Gasteiger partial charge in [-0.3, -0.25) is 0 Å². The molecular formula is C17H15ClN2O. The Balaban J connectivity index is 0.00000161. The number of furan rings is 1. The van der Waals surface area contributed by atoms with Gasteiger partial charge in [-0.2, -0.15) is 5.26 Å². The fourth-order valence-corrected chi connectivity index (χ4v) is 2.44. The van der Waals surface area contributed by atoms with Crippen molar-refractivity contribution in [3.8, 4) is 17.2 Å². The number of rotatable bonds is 3. The van der Waals surface area contributed by atoms with Gasteiger partial charge in [0, 0.05) is 16.5 Å². The van der Waals surface area contributed by atoms with Gasteiger partial charge in [-0.25, -0.2) is 0 Å². The zero-order valence-corrected chi connectivity index (χ0v) is 12.4. The number of fused-ring (bicyclic) bond motifs is 1. The molecule has 0 aliphatic heterocycles. The predicted octanol–water partition coefficient (Wildman–Crippen LogP) is 4.31. The van der Waals surface area contributed by atoms with Crippen LogP contribution in [0.5, 0.6) is 0 Å². The smallest absolute Gasteiger partial charge is 0.140 e. The van der Waals surface area contributed by atoms with Crippen LogP contribution in [0.15, 0.2) is 59.2 Å². The monoisotopic (exact) mass is 298 g/mol. The minimum Gasteiger partial charge on any atom is -0.463 e. The summed E-state index contributed by atoms with van der Waals surface area (Å²) in [5.74, 6) is 0. The van der Waals surface area contributed by atoms with Crippen molar-refractivity contribution < 1.29 is 4.42 Å². The molecule has 3 nitrogen and oxygen atoms in total. The first-order valence-corrected chi connectivity index (χ1v) is 6.47. The minimum atomic E-state index is -0.367. The van der Waals surface area contributed by atoms with Crippen molar-refractivity contribution in [3.63, 3.8) is 0 Å². The lowest BCUT2D eigenvalue weighted by atomic mass is 10.0. The molecule has 0 bridgehead atoms. The van der Waals surface area contributed by atoms with E-state index in [1.807, 2.05) is 36.4 Å². The van der Waals surface area contributed by atoms with Crippen LogP contribution in [0.1, 0.15) is 11.6 Å². The van der Waals surface area contributed by atoms with Gasteiger partial charge in [-0.05, 0) is 12.6 Å². The molecule has 21 heavy (non-hydrogen) atoms. The lowest BCUT2D eigenvalue weighted by Gasteiger charge is -2.08. The van der Waals surface area contributed by atoms with Crippen molar-refractivity contribution in [1.29, 1.82) is 5.26 Å². The Hall–Kier alpha value is -2.28. The lowest BCUT2D eigenvalue weighted by Crippen LogP contribution is -2.14. The van der Waals surface area contributed by atoms with Crippen LogP contribution in [-0.2, 0) is 0 Å². The Morgan fingerprint density at radius 2 is 1.86 bits per heavy atom. The molecule has 3 aromatic rings. The fourth-order valence-electron chi connectivity index (χ4n) is 2.44. The lowest BCUT2D eigenvalue weighted by molar-refractivity contribution is 0.603. The van der Waals surface area contributed by atoms with Gasteiger partial charge >= 0.3 is 0 Å². The molecule has 2 aromatic carbocycles. The second kappa shape index (κ2) is 6.45. The van der Waals surface area contributed by atoms with Crippen LogP contribution < -0.4 is 5.32 Å². The average Bonchev–Trinajstić information content (AvgIpc) is 2.94. The SMILES string of the molecule is CNC(C#N)c1cccc2c(-c3ccccc3)coc12.Cl. The van der Waals surface area contributed by atoms with Crippen LogP contribution in [0.2, 0.25) is 0 Å². The summed E-state index contributed by atoms with van der Waals surface area (Å²) in [6, 6.07) is 17.9. The third kappa shape index (κ3) is 2.64. The largest absolute Gasteiger partial charge is 0.463 e. The highest BCUT2D eigenvalue weighted by atomic mass is 35.5. The third-order valence-electron chi connectivity index (χ3n) is 3.44. The second-order valence-corrected chi connectivity index (χ2v) is 4.59. The first-order chi connectivity index (χ1) is 9.85. The Labute approximate surface area is 129 Å². The summed E-state index contributed by atoms with van der Waals surface area (Å²) in [5.41, 5.74) is 3.80. The number of nitriles is 1. The van der Waals surface area contributed by atoms with E-state index in [-0.39, 0.29) is 18.4 Å². The van der Waals surface area contributed by atoms with Crippen molar-refractivity contribution >= 4 is 23.4 Å². The van der Waals surface area contributed by atoms with Crippen molar-refractivity contribution in [2.24, 2.45) is 0 Å². The summed E-state index contributed by atoms with van der Waals surface area (Å²) in [6.45, 7) is 0. The molecule has 1 heterocycles. The standard InChI is InChI=1S/C17H14N2O.ClH/c1-19-16(10-18)14-9-5-8-13-15(11-20-17(13)14)12-6-3-2-4-7-12;/h2-9,11,16,19H,1H3;1H. The normalized spacial score (nSPS) is 11.6. The zero-order valence-electron chi connectivity index (χ0n) is 11.5. The summed E-state index contributed by atoms with van der Waals surface area (Å²) in [4.78, 5) is 0. The molecule has 3 rings (SSSR count). The summed E-state index contributed by atoms with van der Waals surface area (Å²) in [7, 11) is 1.77. The van der Waals surface area contributed by atoms with Gasteiger partial charge in [0.1, 0.15) is 11.6 Å². The molecule has 0 amide bonds. The van der Waals surface area contributed by atoms with Gasteiger partial charge in [0.15, 0.2) is 0 Å². The number of nitrogens with zero attached hydrogens (tertiary/aromatic N) is 1. The molecule has 0 saturated carbocycles. The van der Waals surface area contributed by atoms with Crippen LogP contribution in [-0.4, -0.2) is 7.05 Å². The molecule has 1 atom stereocenters. The van der Waals surface area contributed by atoms with Crippen LogP contribution >= 0.6 is 12.4 Å². The topological polar surface area (TPSA) is 49.0 Å². The molecule has 4 heteroatoms. The second-order valence-electron chi connectivity index (χ2n) is 4.59. The van der Waals surface area contributed by atoms with Gasteiger partial charge in [-0.15, -0.1) is 12.4 Å². The number of para-hydroxylation sites is 1. The number of nitrogens with one attached hydrogen (secondary N) is 1. The summed E-state index contributed by atoms with van der Waals surface area (Å²) >= 11 is 0. The number of benzene rings is 2. The molecule has 1 aromatic heterocycles. The van der Waals surface area contributed by atoms with Gasteiger partial charge in [0.05, 0.1) is 12.3 Å². The zero-order chi connectivity index (χ0) is 13.9. The average molecular weight is 299 g/mol. The van der Waals surface area contributed by atoms with Crippen LogP contribution in [0, 0.1) is 11.3 Å². The molecule has 0 spiro atoms. The Kier molecular flexibility index (Phi) is 4.64. The molecule has 1 unspecified atom stereocenters. The Morgan fingerprint density at radius 1 is 1.10 bits per heavy atom. The third-order valence-corrected chi connectivity index (χ3v) is 3.44. The predicted molar refractivity (Wildman–Crippen MR) is 86.3 cm³/mol. The van der Waals surface area contributed by atoms with Crippen molar-refractivity contribution in [2.45, 2.75) is 6.04 Å². The highest BCUT2D eigenvalue weighted by Crippen LogP contribution is 2.34. The first kappa shape index (κ1) is 15.1. The first-order valence-electron chi connectivity index (χ1n) is 6.47. The minimum absolute atomic E-state index is 0. The van der Waals surface area contributed by atoms with E-state index in [0.717, 1.165) is 27.7 Å². The molecule has 1 N–H and O–H groups in total. The molecule has 0 aliphatic carbocycles. The van der Waals surface area contributed by atoms with Crippen molar-refractivity contribution in [2.75, 3.05) is 7.05 Å². The fraction of sp³-hybridized carbons (Fsp3) is 0.118. The molecule has 0 aliphatic rings. The molecule has 0 fully saturated rings. The highest BCUT2D eigenvalue weighted by Gasteiger charge is 2.16. The van der Waals surface area contributed by atoms with Crippen molar-refractivity contribution in [1.82, 2.24) is 5.32 Å². The molecule has 0 saturated heterocycles. The highest BCUT2D eigenvalue weighted by molar-refractivity contribution is 5.95. The van der Waals surface area contributed by atoms with E-state index in [4.69, 9.17) is 4.42 Å². The summed E-state index contributed by atoms with van der Waals surface area (Å²) < 4.78 is 5.73. The van der Waals surface area contributed by atoms with Gasteiger partial charge < -0.3 is 9.73 Å². The number of hydrogen-bond acceptors (Lipinski definition) is 3. The quantitative estimate of drug-likeness (QED) is 0.784. The van der Waals surface area contributed by atoms with E-state index in [1.54, 1.807) is 13.3 Å². The maximum Gasteiger partial charge on any atom is 0.140 e. The Morgan fingerprint density at radius 3 is 2.52 bits per heavy atom. The summed E-state index contributed by atoms with van der Waals surface area (Å²) in [5, 5.41) is 13.2. The van der Waals surface area contributed by atoms with E-state index in [9.17, 15) is 5.26 Å². The van der Waals surface area contributed by atoms with E-state index >= 15 is 0 Å². The van der Waals surface area contributed by atoms with E-state index in [0.29, 0.717) is 0 Å². The van der Waals surface area contributed by atoms with Crippen LogP contribution in [0.25, 0.3) is 22.1 Å². The number of halogens is 1.